The molecule has 3 aliphatic rings. The molecule has 2 N–H and O–H groups in total. The van der Waals surface area contributed by atoms with Crippen LogP contribution >= 0.6 is 0 Å². The van der Waals surface area contributed by atoms with Crippen LogP contribution in [-0.2, 0) is 4.79 Å². The third kappa shape index (κ3) is 0.804. The lowest BCUT2D eigenvalue weighted by Crippen LogP contribution is -2.67. The van der Waals surface area contributed by atoms with Gasteiger partial charge in [0.05, 0.1) is 0 Å². The first kappa shape index (κ1) is 9.20. The molecule has 74 valence electrons. The van der Waals surface area contributed by atoms with Gasteiger partial charge in [0.1, 0.15) is 5.78 Å². The molecule has 0 aliphatic heterocycles. The number of carbonyl (C=O) groups excluding carboxylic acids is 1. The minimum Gasteiger partial charge on any atom is -0.330 e. The summed E-state index contributed by atoms with van der Waals surface area (Å²) < 4.78 is 0. The summed E-state index contributed by atoms with van der Waals surface area (Å²) >= 11 is 0. The van der Waals surface area contributed by atoms with E-state index in [1.807, 2.05) is 0 Å². The van der Waals surface area contributed by atoms with Gasteiger partial charge in [0, 0.05) is 12.3 Å². The molecule has 2 nitrogen and oxygen atoms in total. The SMILES string of the molecule is CC1C(=O)CC2CC1(CN)C2(C)C. The zero-order chi connectivity index (χ0) is 9.85. The number of rotatable bonds is 1. The van der Waals surface area contributed by atoms with E-state index in [1.165, 1.54) is 6.42 Å². The summed E-state index contributed by atoms with van der Waals surface area (Å²) in [5.41, 5.74) is 6.26. The molecule has 3 fully saturated rings. The van der Waals surface area contributed by atoms with Gasteiger partial charge in [0.15, 0.2) is 0 Å². The van der Waals surface area contributed by atoms with E-state index in [-0.39, 0.29) is 16.7 Å². The van der Waals surface area contributed by atoms with E-state index in [0.29, 0.717) is 18.2 Å². The number of Topliss-reactive ketones (excluding diaryl/α,β-unsaturated/α-hetero) is 1. The fourth-order valence-corrected chi connectivity index (χ4v) is 3.55. The number of ketones is 1. The fraction of sp³-hybridized carbons (Fsp3) is 0.909. The van der Waals surface area contributed by atoms with Crippen molar-refractivity contribution in [2.24, 2.45) is 28.4 Å². The van der Waals surface area contributed by atoms with Crippen molar-refractivity contribution >= 4 is 5.78 Å². The van der Waals surface area contributed by atoms with Crippen LogP contribution in [0.5, 0.6) is 0 Å². The highest BCUT2D eigenvalue weighted by atomic mass is 16.1. The Bertz CT molecular complexity index is 259. The van der Waals surface area contributed by atoms with Crippen LogP contribution < -0.4 is 5.73 Å². The summed E-state index contributed by atoms with van der Waals surface area (Å²) in [6, 6.07) is 0. The van der Waals surface area contributed by atoms with Gasteiger partial charge in [-0.05, 0) is 29.7 Å². The molecule has 0 amide bonds. The molecule has 0 saturated heterocycles. The fourth-order valence-electron chi connectivity index (χ4n) is 3.55. The van der Waals surface area contributed by atoms with Gasteiger partial charge in [-0.15, -0.1) is 0 Å². The van der Waals surface area contributed by atoms with Crippen molar-refractivity contribution < 1.29 is 4.79 Å². The molecule has 3 rings (SSSR count). The van der Waals surface area contributed by atoms with Crippen LogP contribution in [0.4, 0.5) is 0 Å². The molecule has 3 saturated carbocycles. The van der Waals surface area contributed by atoms with Gasteiger partial charge in [0.2, 0.25) is 0 Å². The van der Waals surface area contributed by atoms with Gasteiger partial charge < -0.3 is 5.73 Å². The Labute approximate surface area is 79.9 Å². The maximum Gasteiger partial charge on any atom is 0.136 e. The predicted octanol–water partition coefficient (Wildman–Crippen LogP) is 1.59. The Kier molecular flexibility index (Phi) is 1.66. The molecule has 2 heteroatoms. The van der Waals surface area contributed by atoms with E-state index < -0.39 is 0 Å². The van der Waals surface area contributed by atoms with E-state index in [2.05, 4.69) is 20.8 Å². The molecule has 3 unspecified atom stereocenters. The maximum absolute atomic E-state index is 11.6. The molecular formula is C11H19NO. The third-order valence-electron chi connectivity index (χ3n) is 5.04. The van der Waals surface area contributed by atoms with Gasteiger partial charge in [-0.1, -0.05) is 20.8 Å². The lowest BCUT2D eigenvalue weighted by atomic mass is 9.36. The molecule has 2 bridgehead atoms. The normalized spacial score (nSPS) is 47.2. The predicted molar refractivity (Wildman–Crippen MR) is 52.2 cm³/mol. The number of fused-ring (bicyclic) bond motifs is 2. The van der Waals surface area contributed by atoms with Crippen molar-refractivity contribution in [2.45, 2.75) is 33.6 Å². The largest absolute Gasteiger partial charge is 0.330 e. The van der Waals surface area contributed by atoms with Crippen LogP contribution in [0.25, 0.3) is 0 Å². The first-order valence-corrected chi connectivity index (χ1v) is 5.18. The van der Waals surface area contributed by atoms with Crippen LogP contribution in [0.2, 0.25) is 0 Å². The Balaban J connectivity index is 2.37. The zero-order valence-corrected chi connectivity index (χ0v) is 8.76. The number of hydrogen-bond donors (Lipinski definition) is 1. The summed E-state index contributed by atoms with van der Waals surface area (Å²) in [6.45, 7) is 7.28. The number of carbonyl (C=O) groups is 1. The first-order chi connectivity index (χ1) is 5.95. The molecule has 3 atom stereocenters. The second-order valence-electron chi connectivity index (χ2n) is 5.38. The third-order valence-corrected chi connectivity index (χ3v) is 5.04. The molecule has 0 radical (unpaired) electrons. The standard InChI is InChI=1S/C11H19NO/c1-7-9(13)4-8-5-11(7,6-12)10(8,2)3/h7-8H,4-6,12H2,1-3H3. The van der Waals surface area contributed by atoms with Crippen molar-refractivity contribution in [3.05, 3.63) is 0 Å². The highest BCUT2D eigenvalue weighted by Gasteiger charge is 2.66. The molecule has 0 heterocycles. The summed E-state index contributed by atoms with van der Waals surface area (Å²) in [5.74, 6) is 1.21. The lowest BCUT2D eigenvalue weighted by molar-refractivity contribution is -0.191. The van der Waals surface area contributed by atoms with Gasteiger partial charge >= 0.3 is 0 Å². The summed E-state index contributed by atoms with van der Waals surface area (Å²) in [4.78, 5) is 11.6. The van der Waals surface area contributed by atoms with Crippen LogP contribution in [0.1, 0.15) is 33.6 Å². The highest BCUT2D eigenvalue weighted by Crippen LogP contribution is 2.68. The van der Waals surface area contributed by atoms with E-state index >= 15 is 0 Å². The van der Waals surface area contributed by atoms with Crippen molar-refractivity contribution in [1.82, 2.24) is 0 Å². The summed E-state index contributed by atoms with van der Waals surface area (Å²) in [5, 5.41) is 0. The quantitative estimate of drug-likeness (QED) is 0.667. The van der Waals surface area contributed by atoms with Crippen LogP contribution in [0.15, 0.2) is 0 Å². The smallest absolute Gasteiger partial charge is 0.136 e. The van der Waals surface area contributed by atoms with Crippen molar-refractivity contribution in [1.29, 1.82) is 0 Å². The van der Waals surface area contributed by atoms with Gasteiger partial charge in [-0.25, -0.2) is 0 Å². The summed E-state index contributed by atoms with van der Waals surface area (Å²) in [7, 11) is 0. The van der Waals surface area contributed by atoms with Crippen LogP contribution in [0, 0.1) is 22.7 Å². The molecule has 3 aliphatic carbocycles. The second kappa shape index (κ2) is 2.35. The summed E-state index contributed by atoms with van der Waals surface area (Å²) in [6.07, 6.45) is 1.96. The minimum atomic E-state index is 0.118. The molecule has 0 aromatic carbocycles. The van der Waals surface area contributed by atoms with Crippen LogP contribution in [0.3, 0.4) is 0 Å². The average molecular weight is 181 g/mol. The highest BCUT2D eigenvalue weighted by molar-refractivity contribution is 5.84. The monoisotopic (exact) mass is 181 g/mol. The molecular weight excluding hydrogens is 162 g/mol. The van der Waals surface area contributed by atoms with E-state index in [1.54, 1.807) is 0 Å². The molecule has 0 aromatic rings. The Morgan fingerprint density at radius 3 is 2.54 bits per heavy atom. The molecule has 13 heavy (non-hydrogen) atoms. The first-order valence-electron chi connectivity index (χ1n) is 5.18. The van der Waals surface area contributed by atoms with Gasteiger partial charge in [0.25, 0.3) is 0 Å². The molecule has 0 aromatic heterocycles. The van der Waals surface area contributed by atoms with Crippen molar-refractivity contribution in [2.75, 3.05) is 6.54 Å². The zero-order valence-electron chi connectivity index (χ0n) is 8.76. The van der Waals surface area contributed by atoms with E-state index in [0.717, 1.165) is 6.42 Å². The topological polar surface area (TPSA) is 43.1 Å². The van der Waals surface area contributed by atoms with Gasteiger partial charge in [-0.3, -0.25) is 4.79 Å². The number of hydrogen-bond acceptors (Lipinski definition) is 2. The lowest BCUT2D eigenvalue weighted by Gasteiger charge is -2.67. The Morgan fingerprint density at radius 2 is 2.15 bits per heavy atom. The maximum atomic E-state index is 11.6. The van der Waals surface area contributed by atoms with Crippen molar-refractivity contribution in [3.8, 4) is 0 Å². The van der Waals surface area contributed by atoms with Crippen molar-refractivity contribution in [3.63, 3.8) is 0 Å². The van der Waals surface area contributed by atoms with E-state index in [9.17, 15) is 4.79 Å². The van der Waals surface area contributed by atoms with Gasteiger partial charge in [-0.2, -0.15) is 0 Å². The Morgan fingerprint density at radius 1 is 1.54 bits per heavy atom. The second-order valence-corrected chi connectivity index (χ2v) is 5.38. The molecule has 0 spiro atoms. The average Bonchev–Trinajstić information content (AvgIpc) is 2.08. The Hall–Kier alpha value is -0.370. The van der Waals surface area contributed by atoms with Crippen LogP contribution in [-0.4, -0.2) is 12.3 Å². The van der Waals surface area contributed by atoms with E-state index in [4.69, 9.17) is 5.73 Å². The number of nitrogens with two attached hydrogens (primary N) is 1. The minimum absolute atomic E-state index is 0.118.